The first-order chi connectivity index (χ1) is 9.33. The second-order valence-corrected chi connectivity index (χ2v) is 5.46. The van der Waals surface area contributed by atoms with Crippen molar-refractivity contribution in [1.29, 1.82) is 0 Å². The molecule has 0 unspecified atom stereocenters. The number of nitrogens with zero attached hydrogens (tertiary/aromatic N) is 3. The first-order valence-electron chi connectivity index (χ1n) is 6.87. The summed E-state index contributed by atoms with van der Waals surface area (Å²) >= 11 is 0. The molecule has 5 heteroatoms. The van der Waals surface area contributed by atoms with Crippen LogP contribution in [-0.4, -0.2) is 25.6 Å². The number of pyridine rings is 1. The van der Waals surface area contributed by atoms with E-state index in [9.17, 15) is 0 Å². The minimum Gasteiger partial charge on any atom is -0.346 e. The highest BCUT2D eigenvalue weighted by atomic mass is 15.1. The Labute approximate surface area is 110 Å². The minimum absolute atomic E-state index is 0.319. The summed E-state index contributed by atoms with van der Waals surface area (Å²) in [6.07, 6.45) is 10.3. The number of nitrogens with one attached hydrogen (secondary N) is 1. The van der Waals surface area contributed by atoms with Crippen molar-refractivity contribution in [3.63, 3.8) is 0 Å². The molecule has 98 valence electrons. The summed E-state index contributed by atoms with van der Waals surface area (Å²) in [7, 11) is 0. The van der Waals surface area contributed by atoms with Gasteiger partial charge in [0.2, 0.25) is 0 Å². The predicted octanol–water partition coefficient (Wildman–Crippen LogP) is 2.36. The van der Waals surface area contributed by atoms with E-state index in [1.54, 1.807) is 0 Å². The van der Waals surface area contributed by atoms with Crippen molar-refractivity contribution in [3.05, 3.63) is 24.8 Å². The summed E-state index contributed by atoms with van der Waals surface area (Å²) in [6.45, 7) is 0. The number of rotatable bonds is 1. The Balaban J connectivity index is 1.91. The zero-order valence-electron chi connectivity index (χ0n) is 10.7. The molecule has 0 aromatic carbocycles. The molecule has 1 aliphatic carbocycles. The van der Waals surface area contributed by atoms with Crippen LogP contribution in [0.1, 0.15) is 31.7 Å². The van der Waals surface area contributed by atoms with Crippen molar-refractivity contribution in [2.75, 3.05) is 0 Å². The van der Waals surface area contributed by atoms with Crippen LogP contribution in [0.5, 0.6) is 0 Å². The lowest BCUT2D eigenvalue weighted by molar-refractivity contribution is 0.325. The normalized spacial score (nSPS) is 24.3. The second-order valence-electron chi connectivity index (χ2n) is 5.46. The van der Waals surface area contributed by atoms with Crippen molar-refractivity contribution >= 4 is 22.1 Å². The Morgan fingerprint density at radius 3 is 3.16 bits per heavy atom. The Morgan fingerprint density at radius 1 is 1.32 bits per heavy atom. The maximum absolute atomic E-state index is 6.12. The standard InChI is InChI=1S/C14H17N5/c15-9-2-1-3-10(6-9)19-8-18-12-7-17-14-11(13(12)19)4-5-16-14/h4-5,7-10H,1-3,6,15H2,(H,16,17)/t9-,10+/m0/s1. The van der Waals surface area contributed by atoms with E-state index in [-0.39, 0.29) is 0 Å². The highest BCUT2D eigenvalue weighted by Gasteiger charge is 2.22. The molecule has 3 N–H and O–H groups in total. The molecule has 2 atom stereocenters. The van der Waals surface area contributed by atoms with Crippen molar-refractivity contribution in [2.45, 2.75) is 37.8 Å². The van der Waals surface area contributed by atoms with Crippen molar-refractivity contribution in [1.82, 2.24) is 19.5 Å². The van der Waals surface area contributed by atoms with Gasteiger partial charge in [0.15, 0.2) is 0 Å². The number of aromatic amines is 1. The van der Waals surface area contributed by atoms with Gasteiger partial charge in [0.1, 0.15) is 11.2 Å². The lowest BCUT2D eigenvalue weighted by atomic mass is 9.91. The SMILES string of the molecule is N[C@H]1CCC[C@@H](n2cnc3cnc4[nH]ccc4c32)C1. The van der Waals surface area contributed by atoms with Crippen LogP contribution in [0.15, 0.2) is 24.8 Å². The molecule has 0 aliphatic heterocycles. The monoisotopic (exact) mass is 255 g/mol. The summed E-state index contributed by atoms with van der Waals surface area (Å²) in [6, 6.07) is 2.86. The summed E-state index contributed by atoms with van der Waals surface area (Å²) in [5, 5.41) is 1.15. The molecule has 0 spiro atoms. The molecule has 1 aliphatic rings. The molecule has 3 aromatic rings. The van der Waals surface area contributed by atoms with E-state index >= 15 is 0 Å². The summed E-state index contributed by atoms with van der Waals surface area (Å²) in [5.41, 5.74) is 9.19. The first-order valence-corrected chi connectivity index (χ1v) is 6.87. The average Bonchev–Trinajstić information content (AvgIpc) is 3.04. The van der Waals surface area contributed by atoms with Crippen LogP contribution in [0.3, 0.4) is 0 Å². The third kappa shape index (κ3) is 1.65. The van der Waals surface area contributed by atoms with Gasteiger partial charge in [-0.05, 0) is 31.7 Å². The molecule has 0 saturated heterocycles. The van der Waals surface area contributed by atoms with Gasteiger partial charge < -0.3 is 15.3 Å². The zero-order valence-corrected chi connectivity index (χ0v) is 10.7. The highest BCUT2D eigenvalue weighted by Crippen LogP contribution is 2.32. The van der Waals surface area contributed by atoms with E-state index in [4.69, 9.17) is 5.73 Å². The topological polar surface area (TPSA) is 72.5 Å². The molecule has 0 bridgehead atoms. The molecule has 4 rings (SSSR count). The van der Waals surface area contributed by atoms with Crippen molar-refractivity contribution in [3.8, 4) is 0 Å². The second kappa shape index (κ2) is 4.06. The quantitative estimate of drug-likeness (QED) is 0.701. The number of hydrogen-bond donors (Lipinski definition) is 2. The van der Waals surface area contributed by atoms with E-state index in [0.717, 1.165) is 29.4 Å². The Bertz CT molecular complexity index is 726. The van der Waals surface area contributed by atoms with E-state index in [2.05, 4.69) is 25.6 Å². The number of fused-ring (bicyclic) bond motifs is 3. The van der Waals surface area contributed by atoms with Gasteiger partial charge in [0.25, 0.3) is 0 Å². The zero-order chi connectivity index (χ0) is 12.8. The lowest BCUT2D eigenvalue weighted by Crippen LogP contribution is -2.29. The summed E-state index contributed by atoms with van der Waals surface area (Å²) in [4.78, 5) is 12.0. The van der Waals surface area contributed by atoms with Crippen molar-refractivity contribution in [2.24, 2.45) is 5.73 Å². The van der Waals surface area contributed by atoms with Gasteiger partial charge in [-0.3, -0.25) is 0 Å². The molecule has 0 radical (unpaired) electrons. The van der Waals surface area contributed by atoms with Gasteiger partial charge in [-0.1, -0.05) is 0 Å². The van der Waals surface area contributed by atoms with Crippen LogP contribution in [-0.2, 0) is 0 Å². The smallest absolute Gasteiger partial charge is 0.139 e. The van der Waals surface area contributed by atoms with Gasteiger partial charge >= 0.3 is 0 Å². The van der Waals surface area contributed by atoms with Crippen LogP contribution >= 0.6 is 0 Å². The first kappa shape index (κ1) is 11.0. The molecular formula is C14H17N5. The molecular weight excluding hydrogens is 238 g/mol. The molecule has 1 saturated carbocycles. The third-order valence-electron chi connectivity index (χ3n) is 4.20. The van der Waals surface area contributed by atoms with Gasteiger partial charge in [0, 0.05) is 23.7 Å². The number of imidazole rings is 1. The fourth-order valence-electron chi connectivity index (χ4n) is 3.26. The van der Waals surface area contributed by atoms with E-state index in [0.29, 0.717) is 12.1 Å². The van der Waals surface area contributed by atoms with Crippen LogP contribution in [0.25, 0.3) is 22.1 Å². The Hall–Kier alpha value is -1.88. The summed E-state index contributed by atoms with van der Waals surface area (Å²) < 4.78 is 2.30. The molecule has 3 aromatic heterocycles. The number of hydrogen-bond acceptors (Lipinski definition) is 3. The van der Waals surface area contributed by atoms with Crippen LogP contribution in [0.2, 0.25) is 0 Å². The Morgan fingerprint density at radius 2 is 2.26 bits per heavy atom. The van der Waals surface area contributed by atoms with E-state index in [1.165, 1.54) is 18.4 Å². The van der Waals surface area contributed by atoms with Crippen LogP contribution in [0.4, 0.5) is 0 Å². The van der Waals surface area contributed by atoms with Crippen LogP contribution < -0.4 is 5.73 Å². The highest BCUT2D eigenvalue weighted by molar-refractivity contribution is 6.00. The lowest BCUT2D eigenvalue weighted by Gasteiger charge is -2.28. The Kier molecular flexibility index (Phi) is 2.35. The molecule has 5 nitrogen and oxygen atoms in total. The molecule has 3 heterocycles. The summed E-state index contributed by atoms with van der Waals surface area (Å²) in [5.74, 6) is 0. The van der Waals surface area contributed by atoms with Gasteiger partial charge in [-0.25, -0.2) is 9.97 Å². The predicted molar refractivity (Wildman–Crippen MR) is 74.9 cm³/mol. The molecule has 1 fully saturated rings. The van der Waals surface area contributed by atoms with Crippen LogP contribution in [0, 0.1) is 0 Å². The maximum atomic E-state index is 6.12. The largest absolute Gasteiger partial charge is 0.346 e. The fourth-order valence-corrected chi connectivity index (χ4v) is 3.26. The number of nitrogens with two attached hydrogens (primary N) is 1. The van der Waals surface area contributed by atoms with Crippen molar-refractivity contribution < 1.29 is 0 Å². The molecule has 19 heavy (non-hydrogen) atoms. The van der Waals surface area contributed by atoms with Gasteiger partial charge in [0.05, 0.1) is 18.0 Å². The number of H-pyrrole nitrogens is 1. The number of aromatic nitrogens is 4. The maximum Gasteiger partial charge on any atom is 0.139 e. The molecule has 0 amide bonds. The fraction of sp³-hybridized carbons (Fsp3) is 0.429. The van der Waals surface area contributed by atoms with Gasteiger partial charge in [-0.2, -0.15) is 0 Å². The minimum atomic E-state index is 0.319. The van der Waals surface area contributed by atoms with E-state index < -0.39 is 0 Å². The third-order valence-corrected chi connectivity index (χ3v) is 4.20. The van der Waals surface area contributed by atoms with Gasteiger partial charge in [-0.15, -0.1) is 0 Å². The average molecular weight is 255 g/mol. The van der Waals surface area contributed by atoms with E-state index in [1.807, 2.05) is 18.7 Å².